The summed E-state index contributed by atoms with van der Waals surface area (Å²) in [6.07, 6.45) is 10.1. The monoisotopic (exact) mass is 517 g/mol. The van der Waals surface area contributed by atoms with Crippen molar-refractivity contribution in [3.63, 3.8) is 0 Å². The number of allylic oxidation sites excluding steroid dienone is 3. The van der Waals surface area contributed by atoms with E-state index in [1.54, 1.807) is 6.07 Å². The van der Waals surface area contributed by atoms with Crippen LogP contribution in [-0.4, -0.2) is 44.7 Å². The van der Waals surface area contributed by atoms with Crippen LogP contribution in [0.5, 0.6) is 0 Å². The third-order valence-electron chi connectivity index (χ3n) is 7.56. The molecule has 39 heavy (non-hydrogen) atoms. The number of benzene rings is 2. The molecule has 1 fully saturated rings. The van der Waals surface area contributed by atoms with Crippen molar-refractivity contribution in [2.45, 2.75) is 26.2 Å². The predicted molar refractivity (Wildman–Crippen MR) is 159 cm³/mol. The second kappa shape index (κ2) is 10.8. The summed E-state index contributed by atoms with van der Waals surface area (Å²) in [5.74, 6) is -0.240. The molecule has 0 bridgehead atoms. The van der Waals surface area contributed by atoms with Crippen LogP contribution in [0.2, 0.25) is 0 Å². The van der Waals surface area contributed by atoms with Gasteiger partial charge in [0.25, 0.3) is 0 Å². The lowest BCUT2D eigenvalue weighted by atomic mass is 10.0. The summed E-state index contributed by atoms with van der Waals surface area (Å²) < 4.78 is 14.6. The normalized spacial score (nSPS) is 15.3. The fourth-order valence-corrected chi connectivity index (χ4v) is 5.49. The highest BCUT2D eigenvalue weighted by molar-refractivity contribution is 6.00. The predicted octanol–water partition coefficient (Wildman–Crippen LogP) is 7.91. The summed E-state index contributed by atoms with van der Waals surface area (Å²) in [5, 5.41) is 8.68. The number of piperidine rings is 1. The van der Waals surface area contributed by atoms with Gasteiger partial charge in [0.05, 0.1) is 16.9 Å². The summed E-state index contributed by atoms with van der Waals surface area (Å²) in [4.78, 5) is 11.0. The number of aromatic amines is 2. The van der Waals surface area contributed by atoms with Crippen LogP contribution in [-0.2, 0) is 0 Å². The molecule has 5 aromatic rings. The molecule has 2 N–H and O–H groups in total. The molecule has 0 radical (unpaired) electrons. The molecule has 0 unspecified atom stereocenters. The Morgan fingerprint density at radius 3 is 2.62 bits per heavy atom. The molecule has 1 saturated heterocycles. The lowest BCUT2D eigenvalue weighted by Crippen LogP contribution is -2.31. The molecule has 0 atom stereocenters. The molecule has 4 heterocycles. The molecule has 0 aliphatic carbocycles. The number of hydrogen-bond acceptors (Lipinski definition) is 3. The lowest BCUT2D eigenvalue weighted by molar-refractivity contribution is 0.248. The van der Waals surface area contributed by atoms with Crippen LogP contribution in [0.4, 0.5) is 4.39 Å². The molecule has 0 spiro atoms. The fourth-order valence-electron chi connectivity index (χ4n) is 5.49. The fraction of sp³-hybridized carbons (Fsp3) is 0.212. The van der Waals surface area contributed by atoms with E-state index in [4.69, 9.17) is 4.98 Å². The highest BCUT2D eigenvalue weighted by Gasteiger charge is 2.17. The average molecular weight is 518 g/mol. The minimum atomic E-state index is -0.240. The zero-order valence-corrected chi connectivity index (χ0v) is 22.2. The summed E-state index contributed by atoms with van der Waals surface area (Å²) in [7, 11) is 0. The van der Waals surface area contributed by atoms with Gasteiger partial charge in [0.15, 0.2) is 0 Å². The minimum absolute atomic E-state index is 0.240. The standard InChI is InChI=1S/C33H32FN5/c1-3-22(21-39-17-8-5-9-18-39)19-23(4-2)28-15-16-30-32(36-28)33(38-37-30)31-20-26-24(12-10-14-29(26)35-31)25-11-6-7-13-27(25)34/h3-4,6-7,10-16,19-20,35H,1,5,8-9,17-18,21H2,2H3,(H,37,38)/b22-19+,23-4+. The zero-order chi connectivity index (χ0) is 26.8. The first kappa shape index (κ1) is 25.0. The topological polar surface area (TPSA) is 60.6 Å². The number of hydrogen-bond donors (Lipinski definition) is 2. The summed E-state index contributed by atoms with van der Waals surface area (Å²) in [6, 6.07) is 18.8. The van der Waals surface area contributed by atoms with Gasteiger partial charge in [-0.1, -0.05) is 55.5 Å². The van der Waals surface area contributed by atoms with Gasteiger partial charge in [-0.25, -0.2) is 9.37 Å². The Bertz CT molecular complexity index is 1710. The zero-order valence-electron chi connectivity index (χ0n) is 22.2. The maximum absolute atomic E-state index is 14.6. The van der Waals surface area contributed by atoms with Gasteiger partial charge >= 0.3 is 0 Å². The van der Waals surface area contributed by atoms with Crippen molar-refractivity contribution >= 4 is 27.5 Å². The molecule has 196 valence electrons. The maximum Gasteiger partial charge on any atom is 0.135 e. The SMILES string of the molecule is C=C/C(=C\C(=C/C)c1ccc2[nH]nc(-c3cc4c(-c5ccccc5F)cccc4[nH]3)c2n1)CN1CCCCC1. The van der Waals surface area contributed by atoms with E-state index in [1.165, 1.54) is 30.9 Å². The van der Waals surface area contributed by atoms with E-state index in [9.17, 15) is 4.39 Å². The van der Waals surface area contributed by atoms with Crippen LogP contribution in [0.3, 0.4) is 0 Å². The molecule has 1 aliphatic rings. The van der Waals surface area contributed by atoms with Crippen LogP contribution in [0, 0.1) is 5.82 Å². The van der Waals surface area contributed by atoms with Gasteiger partial charge in [0, 0.05) is 23.0 Å². The van der Waals surface area contributed by atoms with Gasteiger partial charge in [-0.15, -0.1) is 0 Å². The van der Waals surface area contributed by atoms with Gasteiger partial charge in [-0.3, -0.25) is 10.00 Å². The number of aromatic nitrogens is 4. The molecule has 5 nitrogen and oxygen atoms in total. The Hall–Kier alpha value is -4.29. The molecule has 2 aromatic carbocycles. The molecule has 6 rings (SSSR count). The third-order valence-corrected chi connectivity index (χ3v) is 7.56. The highest BCUT2D eigenvalue weighted by Crippen LogP contribution is 2.35. The van der Waals surface area contributed by atoms with Crippen LogP contribution in [0.15, 0.2) is 91.0 Å². The molecule has 6 heteroatoms. The molecular formula is C33H32FN5. The van der Waals surface area contributed by atoms with Crippen molar-refractivity contribution in [2.75, 3.05) is 19.6 Å². The second-order valence-corrected chi connectivity index (χ2v) is 10.1. The van der Waals surface area contributed by atoms with E-state index in [2.05, 4.69) is 38.8 Å². The molecular weight excluding hydrogens is 485 g/mol. The number of likely N-dealkylation sites (tertiary alicyclic amines) is 1. The summed E-state index contributed by atoms with van der Waals surface area (Å²) in [6.45, 7) is 9.30. The van der Waals surface area contributed by atoms with Crippen LogP contribution < -0.4 is 0 Å². The van der Waals surface area contributed by atoms with Gasteiger partial charge in [0.1, 0.15) is 17.0 Å². The average Bonchev–Trinajstić information content (AvgIpc) is 3.60. The quantitative estimate of drug-likeness (QED) is 0.216. The Kier molecular flexibility index (Phi) is 6.95. The maximum atomic E-state index is 14.6. The van der Waals surface area contributed by atoms with Crippen molar-refractivity contribution in [1.82, 2.24) is 25.1 Å². The van der Waals surface area contributed by atoms with Gasteiger partial charge in [0.2, 0.25) is 0 Å². The number of halogens is 1. The largest absolute Gasteiger partial charge is 0.353 e. The van der Waals surface area contributed by atoms with E-state index >= 15 is 0 Å². The van der Waals surface area contributed by atoms with Gasteiger partial charge < -0.3 is 4.98 Å². The lowest BCUT2D eigenvalue weighted by Gasteiger charge is -2.26. The van der Waals surface area contributed by atoms with Crippen molar-refractivity contribution in [3.8, 4) is 22.5 Å². The van der Waals surface area contributed by atoms with E-state index in [1.807, 2.05) is 61.5 Å². The Balaban J connectivity index is 1.37. The first-order valence-electron chi connectivity index (χ1n) is 13.6. The molecule has 1 aliphatic heterocycles. The van der Waals surface area contributed by atoms with Crippen molar-refractivity contribution in [2.24, 2.45) is 0 Å². The van der Waals surface area contributed by atoms with Crippen LogP contribution >= 0.6 is 0 Å². The molecule has 0 amide bonds. The van der Waals surface area contributed by atoms with Crippen molar-refractivity contribution < 1.29 is 4.39 Å². The highest BCUT2D eigenvalue weighted by atomic mass is 19.1. The molecule has 0 saturated carbocycles. The first-order chi connectivity index (χ1) is 19.1. The summed E-state index contributed by atoms with van der Waals surface area (Å²) in [5.41, 5.74) is 8.68. The Labute approximate surface area is 227 Å². The number of pyridine rings is 1. The van der Waals surface area contributed by atoms with E-state index < -0.39 is 0 Å². The van der Waals surface area contributed by atoms with Crippen LogP contribution in [0.25, 0.3) is 50.0 Å². The second-order valence-electron chi connectivity index (χ2n) is 10.1. The molecule has 3 aromatic heterocycles. The number of nitrogens with one attached hydrogen (secondary N) is 2. The van der Waals surface area contributed by atoms with Crippen molar-refractivity contribution in [1.29, 1.82) is 0 Å². The number of rotatable bonds is 7. The number of H-pyrrole nitrogens is 2. The minimum Gasteiger partial charge on any atom is -0.353 e. The smallest absolute Gasteiger partial charge is 0.135 e. The van der Waals surface area contributed by atoms with Gasteiger partial charge in [-0.2, -0.15) is 5.10 Å². The third kappa shape index (κ3) is 4.95. The summed E-state index contributed by atoms with van der Waals surface area (Å²) >= 11 is 0. The van der Waals surface area contributed by atoms with Gasteiger partial charge in [-0.05, 0) is 86.0 Å². The van der Waals surface area contributed by atoms with Crippen LogP contribution in [0.1, 0.15) is 31.9 Å². The van der Waals surface area contributed by atoms with E-state index in [0.29, 0.717) is 5.56 Å². The number of nitrogens with zero attached hydrogens (tertiary/aromatic N) is 3. The van der Waals surface area contributed by atoms with Crippen molar-refractivity contribution in [3.05, 3.63) is 103 Å². The van der Waals surface area contributed by atoms with E-state index in [-0.39, 0.29) is 5.82 Å². The first-order valence-corrected chi connectivity index (χ1v) is 13.6. The Morgan fingerprint density at radius 1 is 1.00 bits per heavy atom. The Morgan fingerprint density at radius 2 is 1.82 bits per heavy atom. The van der Waals surface area contributed by atoms with E-state index in [0.717, 1.165) is 69.8 Å². The number of fused-ring (bicyclic) bond motifs is 2.